The fraction of sp³-hybridized carbons (Fsp3) is 0.176. The maximum absolute atomic E-state index is 8.73. The Morgan fingerprint density at radius 3 is 2.85 bits per heavy atom. The third-order valence-corrected chi connectivity index (χ3v) is 3.88. The van der Waals surface area contributed by atoms with E-state index in [1.807, 2.05) is 24.4 Å². The average molecular weight is 345 g/mol. The van der Waals surface area contributed by atoms with Gasteiger partial charge in [-0.2, -0.15) is 15.5 Å². The van der Waals surface area contributed by atoms with Crippen molar-refractivity contribution in [3.63, 3.8) is 0 Å². The summed E-state index contributed by atoms with van der Waals surface area (Å²) in [5, 5.41) is 21.3. The molecule has 4 heterocycles. The summed E-state index contributed by atoms with van der Waals surface area (Å²) in [6.07, 6.45) is 8.97. The van der Waals surface area contributed by atoms with Crippen LogP contribution in [0.3, 0.4) is 0 Å². The molecule has 0 saturated heterocycles. The van der Waals surface area contributed by atoms with Crippen LogP contribution in [-0.4, -0.2) is 34.5 Å². The number of fused-ring (bicyclic) bond motifs is 1. The molecular formula is C17H15N9. The van der Waals surface area contributed by atoms with Gasteiger partial charge in [-0.25, -0.2) is 24.3 Å². The molecule has 4 aromatic rings. The number of pyridine rings is 1. The molecule has 4 rings (SSSR count). The van der Waals surface area contributed by atoms with Crippen LogP contribution in [0.2, 0.25) is 0 Å². The lowest BCUT2D eigenvalue weighted by atomic mass is 10.2. The lowest BCUT2D eigenvalue weighted by molar-refractivity contribution is 0.643. The van der Waals surface area contributed by atoms with E-state index < -0.39 is 0 Å². The van der Waals surface area contributed by atoms with Crippen molar-refractivity contribution in [1.82, 2.24) is 34.5 Å². The van der Waals surface area contributed by atoms with E-state index in [2.05, 4.69) is 36.5 Å². The molecule has 4 aromatic heterocycles. The summed E-state index contributed by atoms with van der Waals surface area (Å²) in [4.78, 5) is 13.0. The van der Waals surface area contributed by atoms with Crippen molar-refractivity contribution in [2.75, 3.05) is 5.32 Å². The highest BCUT2D eigenvalue weighted by atomic mass is 15.3. The molecule has 0 aromatic carbocycles. The van der Waals surface area contributed by atoms with E-state index >= 15 is 0 Å². The van der Waals surface area contributed by atoms with Gasteiger partial charge in [-0.15, -0.1) is 0 Å². The molecule has 0 bridgehead atoms. The van der Waals surface area contributed by atoms with Gasteiger partial charge in [-0.05, 0) is 17.7 Å². The van der Waals surface area contributed by atoms with Gasteiger partial charge < -0.3 is 5.32 Å². The van der Waals surface area contributed by atoms with Crippen LogP contribution >= 0.6 is 0 Å². The van der Waals surface area contributed by atoms with Crippen LogP contribution in [-0.2, 0) is 13.1 Å². The Bertz CT molecular complexity index is 1040. The van der Waals surface area contributed by atoms with Crippen LogP contribution in [0.4, 0.5) is 5.82 Å². The second kappa shape index (κ2) is 6.98. The van der Waals surface area contributed by atoms with Crippen LogP contribution in [0, 0.1) is 11.3 Å². The number of rotatable bonds is 6. The maximum atomic E-state index is 8.73. The molecule has 0 aliphatic rings. The van der Waals surface area contributed by atoms with Gasteiger partial charge in [0.25, 0.3) is 0 Å². The smallest absolute Gasteiger partial charge is 0.163 e. The van der Waals surface area contributed by atoms with Crippen LogP contribution < -0.4 is 5.32 Å². The minimum atomic E-state index is 0.387. The lowest BCUT2D eigenvalue weighted by Crippen LogP contribution is -2.05. The van der Waals surface area contributed by atoms with Crippen molar-refractivity contribution in [2.24, 2.45) is 0 Å². The Morgan fingerprint density at radius 1 is 1.12 bits per heavy atom. The minimum absolute atomic E-state index is 0.387. The molecule has 0 aliphatic carbocycles. The number of hydrogen-bond acceptors (Lipinski definition) is 7. The van der Waals surface area contributed by atoms with Gasteiger partial charge in [0.05, 0.1) is 30.6 Å². The van der Waals surface area contributed by atoms with Crippen molar-refractivity contribution >= 4 is 16.9 Å². The lowest BCUT2D eigenvalue weighted by Gasteiger charge is -2.07. The largest absolute Gasteiger partial charge is 0.365 e. The zero-order valence-corrected chi connectivity index (χ0v) is 13.8. The van der Waals surface area contributed by atoms with E-state index in [1.165, 1.54) is 6.33 Å². The van der Waals surface area contributed by atoms with Gasteiger partial charge >= 0.3 is 0 Å². The Morgan fingerprint density at radius 2 is 2.08 bits per heavy atom. The highest BCUT2D eigenvalue weighted by Gasteiger charge is 2.09. The first-order valence-electron chi connectivity index (χ1n) is 8.07. The molecule has 0 fully saturated rings. The highest BCUT2D eigenvalue weighted by molar-refractivity contribution is 5.86. The summed E-state index contributed by atoms with van der Waals surface area (Å²) in [5.74, 6) is 1.47. The fourth-order valence-corrected chi connectivity index (χ4v) is 2.60. The molecule has 0 aliphatic heterocycles. The molecule has 9 heteroatoms. The molecule has 9 nitrogen and oxygen atoms in total. The second-order valence-corrected chi connectivity index (χ2v) is 5.56. The van der Waals surface area contributed by atoms with Gasteiger partial charge in [0, 0.05) is 25.1 Å². The Labute approximate surface area is 149 Å². The number of anilines is 1. The number of aromatic nitrogens is 7. The second-order valence-electron chi connectivity index (χ2n) is 5.56. The summed E-state index contributed by atoms with van der Waals surface area (Å²) in [5.41, 5.74) is 1.73. The van der Waals surface area contributed by atoms with E-state index in [-0.39, 0.29) is 0 Å². The first-order valence-corrected chi connectivity index (χ1v) is 8.07. The Kier molecular flexibility index (Phi) is 4.22. The van der Waals surface area contributed by atoms with E-state index in [4.69, 9.17) is 5.26 Å². The fourth-order valence-electron chi connectivity index (χ4n) is 2.60. The van der Waals surface area contributed by atoms with E-state index in [0.29, 0.717) is 31.0 Å². The number of nitriles is 1. The van der Waals surface area contributed by atoms with Crippen LogP contribution in [0.15, 0.2) is 49.3 Å². The Balaban J connectivity index is 1.49. The van der Waals surface area contributed by atoms with Gasteiger partial charge in [-0.1, -0.05) is 6.07 Å². The quantitative estimate of drug-likeness (QED) is 0.568. The van der Waals surface area contributed by atoms with Crippen LogP contribution in [0.5, 0.6) is 0 Å². The molecule has 1 N–H and O–H groups in total. The van der Waals surface area contributed by atoms with E-state index in [9.17, 15) is 0 Å². The number of aryl methyl sites for hydroxylation is 1. The highest BCUT2D eigenvalue weighted by Crippen LogP contribution is 2.19. The maximum Gasteiger partial charge on any atom is 0.163 e. The molecule has 0 saturated carbocycles. The van der Waals surface area contributed by atoms with E-state index in [1.54, 1.807) is 28.0 Å². The van der Waals surface area contributed by atoms with Crippen molar-refractivity contribution < 1.29 is 0 Å². The third-order valence-electron chi connectivity index (χ3n) is 3.88. The van der Waals surface area contributed by atoms with Crippen LogP contribution in [0.1, 0.15) is 12.0 Å². The number of hydrogen-bond donors (Lipinski definition) is 1. The monoisotopic (exact) mass is 345 g/mol. The van der Waals surface area contributed by atoms with E-state index in [0.717, 1.165) is 16.8 Å². The molecule has 0 radical (unpaired) electrons. The molecule has 0 unspecified atom stereocenters. The van der Waals surface area contributed by atoms with Gasteiger partial charge in [0.1, 0.15) is 12.1 Å². The van der Waals surface area contributed by atoms with Crippen molar-refractivity contribution in [2.45, 2.75) is 19.5 Å². The first-order chi connectivity index (χ1) is 12.8. The summed E-state index contributed by atoms with van der Waals surface area (Å²) < 4.78 is 3.42. The summed E-state index contributed by atoms with van der Waals surface area (Å²) in [6.45, 7) is 1.08. The van der Waals surface area contributed by atoms with Gasteiger partial charge in [0.2, 0.25) is 0 Å². The summed E-state index contributed by atoms with van der Waals surface area (Å²) >= 11 is 0. The molecule has 0 amide bonds. The molecule has 0 spiro atoms. The van der Waals surface area contributed by atoms with Gasteiger partial charge in [-0.3, -0.25) is 0 Å². The van der Waals surface area contributed by atoms with Crippen molar-refractivity contribution in [3.05, 3.63) is 54.9 Å². The zero-order valence-electron chi connectivity index (χ0n) is 13.8. The summed E-state index contributed by atoms with van der Waals surface area (Å²) in [6, 6.07) is 7.88. The SMILES string of the molecule is N#CCCn1ncc2c(NCc3ccc(-n4cccn4)nc3)ncnc21. The predicted octanol–water partition coefficient (Wildman–Crippen LogP) is 1.93. The Hall–Kier alpha value is -3.80. The molecule has 0 atom stereocenters. The van der Waals surface area contributed by atoms with Crippen LogP contribution in [0.25, 0.3) is 16.9 Å². The van der Waals surface area contributed by atoms with Gasteiger partial charge in [0.15, 0.2) is 11.5 Å². The molecule has 26 heavy (non-hydrogen) atoms. The zero-order chi connectivity index (χ0) is 17.8. The normalized spacial score (nSPS) is 10.7. The molecular weight excluding hydrogens is 330 g/mol. The average Bonchev–Trinajstić information content (AvgIpc) is 3.35. The topological polar surface area (TPSA) is 110 Å². The first kappa shape index (κ1) is 15.7. The predicted molar refractivity (Wildman–Crippen MR) is 94.2 cm³/mol. The number of nitrogens with one attached hydrogen (secondary N) is 1. The minimum Gasteiger partial charge on any atom is -0.365 e. The van der Waals surface area contributed by atoms with Crippen molar-refractivity contribution in [3.8, 4) is 11.9 Å². The number of nitrogens with zero attached hydrogens (tertiary/aromatic N) is 8. The third kappa shape index (κ3) is 3.08. The summed E-state index contributed by atoms with van der Waals surface area (Å²) in [7, 11) is 0. The van der Waals surface area contributed by atoms with Crippen molar-refractivity contribution in [1.29, 1.82) is 5.26 Å². The molecule has 128 valence electrons. The standard InChI is InChI=1S/C17H15N9/c18-5-1-7-26-17-14(11-24-26)16(21-12-22-17)20-10-13-3-4-15(19-9-13)25-8-2-6-23-25/h2-4,6,8-9,11-12H,1,7,10H2,(H,20,21,22).